The quantitative estimate of drug-likeness (QED) is 0.362. The molecule has 1 aromatic carbocycles. The Balaban J connectivity index is 1.41. The number of aromatic nitrogens is 2. The molecule has 7 nitrogen and oxygen atoms in total. The summed E-state index contributed by atoms with van der Waals surface area (Å²) >= 11 is 1.47. The predicted molar refractivity (Wildman–Crippen MR) is 153 cm³/mol. The van der Waals surface area contributed by atoms with Crippen molar-refractivity contribution in [3.8, 4) is 11.4 Å². The van der Waals surface area contributed by atoms with Crippen molar-refractivity contribution in [3.63, 3.8) is 0 Å². The maximum Gasteiger partial charge on any atom is 0.275 e. The first-order valence-corrected chi connectivity index (χ1v) is 15.1. The molecule has 8 heteroatoms. The minimum absolute atomic E-state index is 0.0811. The fraction of sp³-hybridized carbons (Fsp3) is 0.600. The highest BCUT2D eigenvalue weighted by atomic mass is 32.1. The minimum Gasteiger partial charge on any atom is -0.490 e. The van der Waals surface area contributed by atoms with Crippen molar-refractivity contribution in [2.45, 2.75) is 108 Å². The zero-order valence-corrected chi connectivity index (χ0v) is 23.6. The van der Waals surface area contributed by atoms with E-state index in [1.165, 1.54) is 24.2 Å². The topological polar surface area (TPSA) is 87.8 Å². The lowest BCUT2D eigenvalue weighted by atomic mass is 9.99. The van der Waals surface area contributed by atoms with Crippen LogP contribution in [-0.4, -0.2) is 62.1 Å². The molecule has 0 spiro atoms. The molecular formula is C30H41N3O4S. The molecular weight excluding hydrogens is 498 g/mol. The number of benzene rings is 1. The third-order valence-corrected chi connectivity index (χ3v) is 9.75. The van der Waals surface area contributed by atoms with E-state index in [0.717, 1.165) is 47.6 Å². The van der Waals surface area contributed by atoms with E-state index in [1.54, 1.807) is 10.9 Å². The highest BCUT2D eigenvalue weighted by Gasteiger charge is 2.39. The fourth-order valence-corrected chi connectivity index (χ4v) is 7.03. The van der Waals surface area contributed by atoms with E-state index >= 15 is 0 Å². The van der Waals surface area contributed by atoms with Crippen molar-refractivity contribution in [3.05, 3.63) is 51.4 Å². The second kappa shape index (κ2) is 11.9. The molecule has 2 aliphatic heterocycles. The Hall–Kier alpha value is -2.26. The minimum atomic E-state index is -0.359. The molecule has 4 heterocycles. The standard InChI is InChI=1S/C30H41N3O4S/c1-4-23(34)10-6-19-14-22(9-13-28(19)37-25-15-20-7-8-21(16-25)32(20)3)33-18-31-27-17-26(12-11-24(35)5-2)38-29(27)30(33)36/h9,13-14,17-18,20-21,23-25,34-35H,4-8,10-12,15-16H2,1-3H3/t20-,21+,23?,24?,25?. The number of nitrogens with zero attached hydrogens (tertiary/aromatic N) is 3. The van der Waals surface area contributed by atoms with Crippen LogP contribution in [0, 0.1) is 0 Å². The van der Waals surface area contributed by atoms with Crippen molar-refractivity contribution in [2.75, 3.05) is 7.05 Å². The van der Waals surface area contributed by atoms with Crippen LogP contribution in [0.5, 0.6) is 5.75 Å². The summed E-state index contributed by atoms with van der Waals surface area (Å²) in [5, 5.41) is 20.2. The number of aliphatic hydroxyl groups excluding tert-OH is 2. The van der Waals surface area contributed by atoms with Gasteiger partial charge in [0.2, 0.25) is 0 Å². The number of hydrogen-bond acceptors (Lipinski definition) is 7. The third kappa shape index (κ3) is 5.83. The Labute approximate surface area is 229 Å². The predicted octanol–water partition coefficient (Wildman–Crippen LogP) is 4.86. The lowest BCUT2D eigenvalue weighted by Gasteiger charge is -2.36. The summed E-state index contributed by atoms with van der Waals surface area (Å²) in [4.78, 5) is 21.6. The maximum absolute atomic E-state index is 13.5. The van der Waals surface area contributed by atoms with Crippen molar-refractivity contribution in [1.29, 1.82) is 0 Å². The van der Waals surface area contributed by atoms with E-state index < -0.39 is 0 Å². The van der Waals surface area contributed by atoms with Crippen LogP contribution in [0.2, 0.25) is 0 Å². The monoisotopic (exact) mass is 539 g/mol. The molecule has 2 aliphatic rings. The van der Waals surface area contributed by atoms with Crippen molar-refractivity contribution in [1.82, 2.24) is 14.5 Å². The van der Waals surface area contributed by atoms with Gasteiger partial charge in [-0.3, -0.25) is 9.36 Å². The molecule has 2 fully saturated rings. The number of aryl methyl sites for hydroxylation is 2. The van der Waals surface area contributed by atoms with Gasteiger partial charge in [-0.05, 0) is 101 Å². The molecule has 3 unspecified atom stereocenters. The molecule has 0 saturated carbocycles. The number of hydrogen-bond donors (Lipinski definition) is 2. The van der Waals surface area contributed by atoms with Crippen LogP contribution in [0.15, 0.2) is 35.4 Å². The summed E-state index contributed by atoms with van der Waals surface area (Å²) in [6.07, 6.45) is 9.91. The van der Waals surface area contributed by atoms with Crippen LogP contribution in [0.4, 0.5) is 0 Å². The number of thiophene rings is 1. The Bertz CT molecular complexity index is 1290. The average Bonchev–Trinajstić information content (AvgIpc) is 3.42. The van der Waals surface area contributed by atoms with E-state index in [-0.39, 0.29) is 23.9 Å². The normalized spacial score (nSPS) is 23.1. The largest absolute Gasteiger partial charge is 0.490 e. The zero-order valence-electron chi connectivity index (χ0n) is 22.8. The van der Waals surface area contributed by atoms with Gasteiger partial charge in [-0.25, -0.2) is 4.98 Å². The van der Waals surface area contributed by atoms with E-state index in [9.17, 15) is 15.0 Å². The first-order chi connectivity index (χ1) is 18.4. The van der Waals surface area contributed by atoms with E-state index in [1.807, 2.05) is 38.1 Å². The molecule has 0 radical (unpaired) electrons. The van der Waals surface area contributed by atoms with Gasteiger partial charge in [-0.1, -0.05) is 13.8 Å². The fourth-order valence-electron chi connectivity index (χ4n) is 5.97. The summed E-state index contributed by atoms with van der Waals surface area (Å²) in [6.45, 7) is 3.96. The third-order valence-electron chi connectivity index (χ3n) is 8.57. The molecule has 2 N–H and O–H groups in total. The van der Waals surface area contributed by atoms with Gasteiger partial charge in [0, 0.05) is 17.0 Å². The lowest BCUT2D eigenvalue weighted by molar-refractivity contribution is 0.0654. The Morgan fingerprint density at radius 3 is 2.42 bits per heavy atom. The molecule has 2 bridgehead atoms. The van der Waals surface area contributed by atoms with E-state index in [4.69, 9.17) is 4.74 Å². The molecule has 3 aromatic rings. The molecule has 2 aromatic heterocycles. The first kappa shape index (κ1) is 27.3. The first-order valence-electron chi connectivity index (χ1n) is 14.2. The molecule has 206 valence electrons. The van der Waals surface area contributed by atoms with E-state index in [2.05, 4.69) is 16.9 Å². The van der Waals surface area contributed by atoms with Gasteiger partial charge in [0.25, 0.3) is 5.56 Å². The van der Waals surface area contributed by atoms with E-state index in [0.29, 0.717) is 48.0 Å². The average molecular weight is 540 g/mol. The van der Waals surface area contributed by atoms with Gasteiger partial charge in [0.15, 0.2) is 0 Å². The Kier molecular flexibility index (Phi) is 8.53. The van der Waals surface area contributed by atoms with Gasteiger partial charge < -0.3 is 19.8 Å². The smallest absolute Gasteiger partial charge is 0.275 e. The van der Waals surface area contributed by atoms with Crippen molar-refractivity contribution < 1.29 is 14.9 Å². The van der Waals surface area contributed by atoms with Crippen molar-refractivity contribution >= 4 is 21.6 Å². The molecule has 0 amide bonds. The van der Waals surface area contributed by atoms with Gasteiger partial charge in [-0.2, -0.15) is 0 Å². The van der Waals surface area contributed by atoms with Gasteiger partial charge in [0.05, 0.1) is 23.4 Å². The number of aliphatic hydroxyl groups is 2. The van der Waals surface area contributed by atoms with Crippen molar-refractivity contribution in [2.24, 2.45) is 0 Å². The maximum atomic E-state index is 13.5. The summed E-state index contributed by atoms with van der Waals surface area (Å²) in [5.41, 5.74) is 2.41. The molecule has 2 saturated heterocycles. The Morgan fingerprint density at radius 2 is 1.74 bits per heavy atom. The van der Waals surface area contributed by atoms with Crippen LogP contribution in [-0.2, 0) is 12.8 Å². The summed E-state index contributed by atoms with van der Waals surface area (Å²) in [5.74, 6) is 0.862. The molecule has 5 rings (SSSR count). The summed E-state index contributed by atoms with van der Waals surface area (Å²) < 4.78 is 8.85. The molecule has 0 aliphatic carbocycles. The van der Waals surface area contributed by atoms with Crippen LogP contribution in [0.3, 0.4) is 0 Å². The van der Waals surface area contributed by atoms with Gasteiger partial charge in [-0.15, -0.1) is 11.3 Å². The van der Waals surface area contributed by atoms with Crippen LogP contribution in [0.25, 0.3) is 15.9 Å². The highest BCUT2D eigenvalue weighted by Crippen LogP contribution is 2.37. The zero-order chi connectivity index (χ0) is 26.8. The Morgan fingerprint density at radius 1 is 1.05 bits per heavy atom. The van der Waals surface area contributed by atoms with Crippen LogP contribution < -0.4 is 10.3 Å². The van der Waals surface area contributed by atoms with Gasteiger partial charge in [0.1, 0.15) is 22.9 Å². The second-order valence-electron chi connectivity index (χ2n) is 11.1. The van der Waals surface area contributed by atoms with Crippen LogP contribution in [0.1, 0.15) is 75.7 Å². The summed E-state index contributed by atoms with van der Waals surface area (Å²) in [7, 11) is 2.23. The molecule has 5 atom stereocenters. The number of ether oxygens (including phenoxy) is 1. The SMILES string of the molecule is CCC(O)CCc1cc2ncn(-c3ccc(OC4C[C@H]5CC[C@@H](C4)N5C)c(CCC(O)CC)c3)c(=O)c2s1. The molecule has 38 heavy (non-hydrogen) atoms. The number of fused-ring (bicyclic) bond motifs is 3. The number of rotatable bonds is 11. The second-order valence-corrected chi connectivity index (χ2v) is 12.2. The lowest BCUT2D eigenvalue weighted by Crippen LogP contribution is -2.43. The highest BCUT2D eigenvalue weighted by molar-refractivity contribution is 7.18. The number of piperidine rings is 1. The van der Waals surface area contributed by atoms with Gasteiger partial charge >= 0.3 is 0 Å². The summed E-state index contributed by atoms with van der Waals surface area (Å²) in [6, 6.07) is 9.13. The van der Waals surface area contributed by atoms with Crippen LogP contribution >= 0.6 is 11.3 Å².